The number of amides is 1. The zero-order valence-corrected chi connectivity index (χ0v) is 10.0. The van der Waals surface area contributed by atoms with Crippen molar-refractivity contribution < 1.29 is 23.1 Å². The number of alkyl halides is 3. The minimum atomic E-state index is -4.78. The molecule has 1 rings (SSSR count). The van der Waals surface area contributed by atoms with Gasteiger partial charge in [0.1, 0.15) is 0 Å². The van der Waals surface area contributed by atoms with Gasteiger partial charge in [0.25, 0.3) is 5.91 Å². The Balaban J connectivity index is 2.66. The first-order valence-corrected chi connectivity index (χ1v) is 5.24. The highest BCUT2D eigenvalue weighted by atomic mass is 35.5. The number of hydrogen-bond acceptors (Lipinski definition) is 3. The van der Waals surface area contributed by atoms with Gasteiger partial charge >= 0.3 is 6.18 Å². The van der Waals surface area contributed by atoms with E-state index in [1.165, 1.54) is 6.07 Å². The van der Waals surface area contributed by atoms with Crippen molar-refractivity contribution in [2.24, 2.45) is 0 Å². The molecule has 4 nitrogen and oxygen atoms in total. The van der Waals surface area contributed by atoms with Gasteiger partial charge < -0.3 is 10.4 Å². The number of carbonyl (C=O) groups excluding carboxylic acids is 1. The lowest BCUT2D eigenvalue weighted by atomic mass is 10.2. The van der Waals surface area contributed by atoms with E-state index < -0.39 is 24.7 Å². The van der Waals surface area contributed by atoms with Crippen LogP contribution in [-0.4, -0.2) is 34.8 Å². The monoisotopic (exact) mass is 282 g/mol. The second-order valence-corrected chi connectivity index (χ2v) is 3.98. The van der Waals surface area contributed by atoms with Crippen LogP contribution in [0.5, 0.6) is 0 Å². The lowest BCUT2D eigenvalue weighted by molar-refractivity contribution is -0.201. The average molecular weight is 283 g/mol. The lowest BCUT2D eigenvalue weighted by Gasteiger charge is -2.15. The minimum Gasteiger partial charge on any atom is -0.382 e. The van der Waals surface area contributed by atoms with Crippen LogP contribution in [-0.2, 0) is 0 Å². The molecule has 0 aliphatic carbocycles. The van der Waals surface area contributed by atoms with E-state index in [1.807, 2.05) is 5.32 Å². The number of aliphatic hydroxyl groups is 1. The summed E-state index contributed by atoms with van der Waals surface area (Å²) < 4.78 is 36.0. The Hall–Kier alpha value is -1.34. The van der Waals surface area contributed by atoms with Crippen molar-refractivity contribution in [3.8, 4) is 0 Å². The molecule has 1 aromatic rings. The Bertz CT molecular complexity index is 451. The Morgan fingerprint density at radius 2 is 2.22 bits per heavy atom. The van der Waals surface area contributed by atoms with Crippen molar-refractivity contribution in [1.29, 1.82) is 0 Å². The molecule has 0 bridgehead atoms. The summed E-state index contributed by atoms with van der Waals surface area (Å²) in [5, 5.41) is 10.7. The fraction of sp³-hybridized carbons (Fsp3) is 0.400. The van der Waals surface area contributed by atoms with Gasteiger partial charge in [-0.25, -0.2) is 0 Å². The quantitative estimate of drug-likeness (QED) is 0.887. The number of aromatic nitrogens is 1. The van der Waals surface area contributed by atoms with Crippen LogP contribution in [0, 0.1) is 6.92 Å². The second-order valence-electron chi connectivity index (χ2n) is 3.57. The summed E-state index contributed by atoms with van der Waals surface area (Å²) in [5.74, 6) is -0.823. The first kappa shape index (κ1) is 14.7. The summed E-state index contributed by atoms with van der Waals surface area (Å²) in [6, 6.07) is 1.41. The summed E-state index contributed by atoms with van der Waals surface area (Å²) in [7, 11) is 0. The smallest absolute Gasteiger partial charge is 0.382 e. The lowest BCUT2D eigenvalue weighted by Crippen LogP contribution is -2.40. The molecule has 18 heavy (non-hydrogen) atoms. The largest absolute Gasteiger partial charge is 0.416 e. The van der Waals surface area contributed by atoms with Crippen LogP contribution in [0.25, 0.3) is 0 Å². The molecule has 1 amide bonds. The normalized spacial score (nSPS) is 13.2. The standard InChI is InChI=1S/C10H10ClF3N2O2/c1-5-2-7(11)6(3-15-5)9(18)16-4-8(17)10(12,13)14/h2-3,8,17H,4H2,1H3,(H,16,18). The van der Waals surface area contributed by atoms with Crippen LogP contribution in [0.4, 0.5) is 13.2 Å². The van der Waals surface area contributed by atoms with Crippen LogP contribution in [0.2, 0.25) is 5.02 Å². The number of carbonyl (C=O) groups is 1. The first-order chi connectivity index (χ1) is 8.21. The van der Waals surface area contributed by atoms with Gasteiger partial charge in [-0.3, -0.25) is 9.78 Å². The van der Waals surface area contributed by atoms with Crippen molar-refractivity contribution >= 4 is 17.5 Å². The molecule has 2 N–H and O–H groups in total. The highest BCUT2D eigenvalue weighted by Crippen LogP contribution is 2.20. The summed E-state index contributed by atoms with van der Waals surface area (Å²) in [4.78, 5) is 15.3. The highest BCUT2D eigenvalue weighted by molar-refractivity contribution is 6.33. The average Bonchev–Trinajstić information content (AvgIpc) is 2.24. The fourth-order valence-corrected chi connectivity index (χ4v) is 1.39. The van der Waals surface area contributed by atoms with E-state index in [1.54, 1.807) is 6.92 Å². The molecule has 0 aliphatic rings. The van der Waals surface area contributed by atoms with Crippen LogP contribution in [0.15, 0.2) is 12.3 Å². The van der Waals surface area contributed by atoms with Crippen molar-refractivity contribution in [2.75, 3.05) is 6.54 Å². The van der Waals surface area contributed by atoms with Gasteiger partial charge in [0.15, 0.2) is 6.10 Å². The third-order valence-electron chi connectivity index (χ3n) is 2.07. The molecule has 0 saturated carbocycles. The maximum Gasteiger partial charge on any atom is 0.416 e. The van der Waals surface area contributed by atoms with E-state index in [4.69, 9.17) is 16.7 Å². The number of rotatable bonds is 3. The molecule has 0 saturated heterocycles. The molecule has 0 spiro atoms. The van der Waals surface area contributed by atoms with Gasteiger partial charge in [-0.05, 0) is 13.0 Å². The SMILES string of the molecule is Cc1cc(Cl)c(C(=O)NCC(O)C(F)(F)F)cn1. The molecule has 0 radical (unpaired) electrons. The predicted molar refractivity (Wildman–Crippen MR) is 58.4 cm³/mol. The number of pyridine rings is 1. The highest BCUT2D eigenvalue weighted by Gasteiger charge is 2.38. The van der Waals surface area contributed by atoms with Gasteiger partial charge in [0.2, 0.25) is 0 Å². The Morgan fingerprint density at radius 1 is 1.61 bits per heavy atom. The van der Waals surface area contributed by atoms with Crippen LogP contribution < -0.4 is 5.32 Å². The number of aryl methyl sites for hydroxylation is 1. The molecule has 1 aromatic heterocycles. The van der Waals surface area contributed by atoms with Crippen LogP contribution >= 0.6 is 11.6 Å². The third kappa shape index (κ3) is 3.85. The molecule has 1 heterocycles. The minimum absolute atomic E-state index is 0.0448. The fourth-order valence-electron chi connectivity index (χ4n) is 1.09. The Morgan fingerprint density at radius 3 is 2.72 bits per heavy atom. The Kier molecular flexibility index (Phi) is 4.53. The van der Waals surface area contributed by atoms with E-state index in [-0.39, 0.29) is 10.6 Å². The van der Waals surface area contributed by atoms with Gasteiger partial charge in [-0.15, -0.1) is 0 Å². The van der Waals surface area contributed by atoms with E-state index >= 15 is 0 Å². The van der Waals surface area contributed by atoms with Gasteiger partial charge in [-0.1, -0.05) is 11.6 Å². The van der Waals surface area contributed by atoms with Crippen molar-refractivity contribution in [1.82, 2.24) is 10.3 Å². The number of nitrogens with one attached hydrogen (secondary N) is 1. The number of aliphatic hydroxyl groups excluding tert-OH is 1. The molecule has 1 atom stereocenters. The number of hydrogen-bond donors (Lipinski definition) is 2. The van der Waals surface area contributed by atoms with E-state index in [2.05, 4.69) is 4.98 Å². The summed E-state index contributed by atoms with van der Waals surface area (Å²) >= 11 is 5.74. The van der Waals surface area contributed by atoms with Gasteiger partial charge in [0, 0.05) is 11.9 Å². The molecule has 0 aliphatic heterocycles. The van der Waals surface area contributed by atoms with Crippen molar-refractivity contribution in [3.63, 3.8) is 0 Å². The van der Waals surface area contributed by atoms with E-state index in [9.17, 15) is 18.0 Å². The van der Waals surface area contributed by atoms with E-state index in [0.29, 0.717) is 5.69 Å². The van der Waals surface area contributed by atoms with Crippen LogP contribution in [0.1, 0.15) is 16.1 Å². The predicted octanol–water partition coefficient (Wildman–Crippen LogP) is 1.70. The Labute approximate surface area is 106 Å². The maximum atomic E-state index is 12.0. The number of halogens is 4. The van der Waals surface area contributed by atoms with Crippen molar-refractivity contribution in [3.05, 3.63) is 28.5 Å². The van der Waals surface area contributed by atoms with Crippen molar-refractivity contribution in [2.45, 2.75) is 19.2 Å². The zero-order valence-electron chi connectivity index (χ0n) is 9.25. The molecule has 0 aromatic carbocycles. The molecular weight excluding hydrogens is 273 g/mol. The topological polar surface area (TPSA) is 62.2 Å². The number of nitrogens with zero attached hydrogens (tertiary/aromatic N) is 1. The zero-order chi connectivity index (χ0) is 13.9. The summed E-state index contributed by atoms with van der Waals surface area (Å²) in [5.41, 5.74) is 0.531. The molecular formula is C10H10ClF3N2O2. The van der Waals surface area contributed by atoms with E-state index in [0.717, 1.165) is 6.20 Å². The summed E-state index contributed by atoms with van der Waals surface area (Å²) in [6.45, 7) is 0.716. The molecule has 1 unspecified atom stereocenters. The molecule has 0 fully saturated rings. The maximum absolute atomic E-state index is 12.0. The van der Waals surface area contributed by atoms with Gasteiger partial charge in [-0.2, -0.15) is 13.2 Å². The first-order valence-electron chi connectivity index (χ1n) is 4.87. The summed E-state index contributed by atoms with van der Waals surface area (Å²) in [6.07, 6.45) is -6.23. The third-order valence-corrected chi connectivity index (χ3v) is 2.38. The van der Waals surface area contributed by atoms with Gasteiger partial charge in [0.05, 0.1) is 17.1 Å². The van der Waals surface area contributed by atoms with Crippen LogP contribution in [0.3, 0.4) is 0 Å². The molecule has 100 valence electrons. The second kappa shape index (κ2) is 5.53. The molecule has 8 heteroatoms.